The Balaban J connectivity index is -0.0000000491. The Hall–Kier alpha value is 28.6. The molecule has 0 aromatic heterocycles. The van der Waals surface area contributed by atoms with E-state index in [1.807, 2.05) is 0 Å². The monoisotopic (exact) mass is 3130 g/mol. The first-order chi connectivity index (χ1) is 24.4. The Labute approximate surface area is 1160 Å². The quantitative estimate of drug-likeness (QED) is 0.0457. The Kier molecular flexibility index (Phi) is 241. The molecule has 4 aliphatic rings. The topological polar surface area (TPSA) is 102 Å². The summed E-state index contributed by atoms with van der Waals surface area (Å²) in [5, 5.41) is 3.12. The molecule has 4 aliphatic carbocycles. The number of unbranched alkanes of at least 4 members (excludes halogenated alkanes) is 11. The van der Waals surface area contributed by atoms with E-state index in [1.54, 1.807) is 5.57 Å². The van der Waals surface area contributed by atoms with Gasteiger partial charge in [0.2, 0.25) is 5.91 Å². The molecular weight excluding hydrogens is 3060 g/mol. The van der Waals surface area contributed by atoms with Crippen LogP contribution in [-0.4, -0.2) is 42.7 Å². The zero-order valence-corrected chi connectivity index (χ0v) is 126. The number of esters is 1. The first kappa shape index (κ1) is 174. The smallest absolute Gasteiger partial charge is 0.325 e. The van der Waals surface area contributed by atoms with Crippen LogP contribution in [0.15, 0.2) is 11.6 Å². The van der Waals surface area contributed by atoms with Gasteiger partial charge >= 0.3 is 13.6 Å². The SMILES string of the molecule is CCCCCCCCCCCC(=O)O[C@H]1CC[C@@]2(C)C(=CC[C@H]3[C@@H]4CC[C@H]([C@H](C)CCC(=O)NCCCCCCOP(C)(=O)O)[C@@]4(C)CC[C@@H]32)C1.[Y].[Y].[Y].[Y].[Y].[Y].[Y].[Y].[Y].[Y].[Y].[Y].[Y].[Y].[Y].[Y].[Y].[Y].[Y].[Y].[Y].[Y].[Y].[Y].[Y].[Y].[Y]. The van der Waals surface area contributed by atoms with Crippen LogP contribution in [0.5, 0.6) is 0 Å². The standard InChI is InChI=1S/C43H76NO6P.27Y/c1-6-7-8-9-10-11-12-13-16-19-41(46)50-35-26-28-42(3)34(32-35)21-22-36-38-24-23-37(43(38,4)29-27-39(36)42)33(2)20-25-40(45)44-30-17-14-15-18-31-49-51(5,47)48;;;;;;;;;;;;;;;;;;;;;;;;;;;/h21,33,35-39H,6-20,22-32H2,1-5H3,(H,44,45)(H,47,48);;;;;;;;;;;;;;;;;;;;;;;;;;;/t33-,35+,36+,37-,38+,39+,42+,43-;;;;;;;;;;;;;;;;;;;;;;;;;;;/m1.........................../s1. The zero-order chi connectivity index (χ0) is 36.9. The van der Waals surface area contributed by atoms with Crippen LogP contribution in [0.3, 0.4) is 0 Å². The van der Waals surface area contributed by atoms with E-state index in [0.29, 0.717) is 43.2 Å². The van der Waals surface area contributed by atoms with Crippen LogP contribution >= 0.6 is 7.60 Å². The molecule has 1 unspecified atom stereocenters. The minimum absolute atomic E-state index is 0. The van der Waals surface area contributed by atoms with Crippen molar-refractivity contribution in [3.63, 3.8) is 0 Å². The normalized spacial score (nSPS) is 20.8. The largest absolute Gasteiger partial charge is 0.462 e. The van der Waals surface area contributed by atoms with Gasteiger partial charge in [-0.15, -0.1) is 0 Å². The Morgan fingerprint density at radius 3 is 1.53 bits per heavy atom. The van der Waals surface area contributed by atoms with Gasteiger partial charge in [-0.1, -0.05) is 104 Å². The van der Waals surface area contributed by atoms with E-state index in [-0.39, 0.29) is 907 Å². The summed E-state index contributed by atoms with van der Waals surface area (Å²) in [6, 6.07) is 0. The van der Waals surface area contributed by atoms with Crippen molar-refractivity contribution < 1.29 is 911 Å². The number of ether oxygens (including phenoxy) is 1. The molecule has 3 fully saturated rings. The van der Waals surface area contributed by atoms with Crippen LogP contribution in [0.2, 0.25) is 0 Å². The van der Waals surface area contributed by atoms with Gasteiger partial charge < -0.3 is 19.5 Å². The van der Waals surface area contributed by atoms with Crippen LogP contribution in [0, 0.1) is 40.4 Å². The number of carbonyl (C=O) groups is 2. The molecule has 375 valence electrons. The molecule has 0 aliphatic heterocycles. The minimum Gasteiger partial charge on any atom is -0.462 e. The summed E-state index contributed by atoms with van der Waals surface area (Å²) in [6.45, 7) is 12.0. The van der Waals surface area contributed by atoms with Crippen molar-refractivity contribution >= 4 is 19.5 Å². The number of hydrogen-bond acceptors (Lipinski definition) is 5. The van der Waals surface area contributed by atoms with Crippen LogP contribution in [0.1, 0.15) is 182 Å². The number of nitrogens with one attached hydrogen (secondary N) is 1. The molecule has 0 spiro atoms. The van der Waals surface area contributed by atoms with Gasteiger partial charge in [-0.3, -0.25) is 14.2 Å². The zero-order valence-electron chi connectivity index (χ0n) is 49.0. The molecule has 0 aromatic carbocycles. The molecule has 78 heavy (non-hydrogen) atoms. The molecule has 27 radical (unpaired) electrons. The van der Waals surface area contributed by atoms with Crippen molar-refractivity contribution in [1.29, 1.82) is 0 Å². The number of hydrogen-bond donors (Lipinski definition) is 2. The molecule has 0 aromatic rings. The number of fused-ring (bicyclic) bond motifs is 5. The summed E-state index contributed by atoms with van der Waals surface area (Å²) in [7, 11) is -3.38. The molecule has 35 heteroatoms. The Morgan fingerprint density at radius 2 is 1.05 bits per heavy atom. The average Bonchev–Trinajstić information content (AvgIpc) is 3.44. The van der Waals surface area contributed by atoms with E-state index in [9.17, 15) is 19.0 Å². The predicted octanol–water partition coefficient (Wildman–Crippen LogP) is 11.3. The molecule has 0 bridgehead atoms. The maximum absolute atomic E-state index is 12.8. The molecule has 0 heterocycles. The van der Waals surface area contributed by atoms with Crippen LogP contribution < -0.4 is 5.32 Å². The van der Waals surface area contributed by atoms with Crippen molar-refractivity contribution in [3.8, 4) is 0 Å². The summed E-state index contributed by atoms with van der Waals surface area (Å²) in [6.07, 6.45) is 29.3. The van der Waals surface area contributed by atoms with Gasteiger partial charge in [-0.05, 0) is 111 Å². The molecule has 1 amide bonds. The van der Waals surface area contributed by atoms with E-state index in [2.05, 4.69) is 39.1 Å². The number of allylic oxidation sites excluding steroid dienone is 1. The molecule has 7 nitrogen and oxygen atoms in total. The summed E-state index contributed by atoms with van der Waals surface area (Å²) in [5.74, 6) is 3.69. The summed E-state index contributed by atoms with van der Waals surface area (Å²) >= 11 is 0. The van der Waals surface area contributed by atoms with Crippen molar-refractivity contribution in [3.05, 3.63) is 11.6 Å². The maximum Gasteiger partial charge on any atom is 0.325 e. The first-order valence-electron chi connectivity index (χ1n) is 21.5. The second-order valence-electron chi connectivity index (χ2n) is 17.8. The second-order valence-corrected chi connectivity index (χ2v) is 19.7. The van der Waals surface area contributed by atoms with E-state index < -0.39 is 7.60 Å². The molecule has 0 saturated heterocycles. The van der Waals surface area contributed by atoms with E-state index in [1.165, 1.54) is 83.7 Å². The first-order valence-corrected chi connectivity index (χ1v) is 23.5. The number of amides is 1. The molecule has 3 saturated carbocycles. The summed E-state index contributed by atoms with van der Waals surface area (Å²) < 4.78 is 22.2. The molecular formula is C43H76NO6PY27. The van der Waals surface area contributed by atoms with Crippen molar-refractivity contribution in [2.24, 2.45) is 40.4 Å². The van der Waals surface area contributed by atoms with Gasteiger partial charge in [0.15, 0.2) is 0 Å². The van der Waals surface area contributed by atoms with Gasteiger partial charge in [-0.25, -0.2) is 0 Å². The van der Waals surface area contributed by atoms with Crippen molar-refractivity contribution in [2.45, 2.75) is 188 Å². The van der Waals surface area contributed by atoms with Crippen LogP contribution in [0.4, 0.5) is 0 Å². The van der Waals surface area contributed by atoms with E-state index in [0.717, 1.165) is 82.0 Å². The van der Waals surface area contributed by atoms with Gasteiger partial charge in [0.25, 0.3) is 0 Å². The van der Waals surface area contributed by atoms with Gasteiger partial charge in [0.05, 0.1) is 6.61 Å². The van der Waals surface area contributed by atoms with Crippen LogP contribution in [-0.2, 0) is 907 Å². The van der Waals surface area contributed by atoms with Gasteiger partial charge in [0, 0.05) is 916 Å². The second kappa shape index (κ2) is 108. The van der Waals surface area contributed by atoms with E-state index in [4.69, 9.17) is 9.26 Å². The number of rotatable bonds is 23. The summed E-state index contributed by atoms with van der Waals surface area (Å²) in [5.41, 5.74) is 2.20. The Morgan fingerprint density at radius 1 is 0.603 bits per heavy atom. The fraction of sp³-hybridized carbons (Fsp3) is 0.907. The molecule has 4 rings (SSSR count). The Bertz CT molecular complexity index is 1240. The third-order valence-corrected chi connectivity index (χ3v) is 14.8. The third kappa shape index (κ3) is 74.7. The van der Waals surface area contributed by atoms with Gasteiger partial charge in [0.1, 0.15) is 6.10 Å². The van der Waals surface area contributed by atoms with Crippen molar-refractivity contribution in [1.82, 2.24) is 5.32 Å². The van der Waals surface area contributed by atoms with Crippen LogP contribution in [0.25, 0.3) is 0 Å². The minimum atomic E-state index is -3.38. The molecule has 9 atom stereocenters. The van der Waals surface area contributed by atoms with Crippen molar-refractivity contribution in [2.75, 3.05) is 19.8 Å². The average molecular weight is 3130 g/mol. The maximum atomic E-state index is 12.8. The summed E-state index contributed by atoms with van der Waals surface area (Å²) in [4.78, 5) is 34.6. The fourth-order valence-electron chi connectivity index (χ4n) is 11.2. The number of carbonyl (C=O) groups excluding carboxylic acids is 2. The predicted molar refractivity (Wildman–Crippen MR) is 208 cm³/mol. The van der Waals surface area contributed by atoms with Gasteiger partial charge in [-0.2, -0.15) is 0 Å². The third-order valence-electron chi connectivity index (χ3n) is 14.2. The fourth-order valence-corrected chi connectivity index (χ4v) is 11.7. The molecule has 2 N–H and O–H groups in total. The van der Waals surface area contributed by atoms with E-state index >= 15 is 0 Å².